The van der Waals surface area contributed by atoms with Crippen molar-refractivity contribution in [3.63, 3.8) is 0 Å². The highest BCUT2D eigenvalue weighted by molar-refractivity contribution is 6.18. The smallest absolute Gasteiger partial charge is 0.406 e. The lowest BCUT2D eigenvalue weighted by Gasteiger charge is -2.17. The van der Waals surface area contributed by atoms with Gasteiger partial charge in [0, 0.05) is 5.56 Å². The van der Waals surface area contributed by atoms with Crippen molar-refractivity contribution >= 4 is 11.6 Å². The topological polar surface area (TPSA) is 49.7 Å². The van der Waals surface area contributed by atoms with E-state index in [0.717, 1.165) is 6.07 Å². The van der Waals surface area contributed by atoms with Crippen LogP contribution in [0.4, 0.5) is 17.6 Å². The third-order valence-electron chi connectivity index (χ3n) is 2.04. The van der Waals surface area contributed by atoms with E-state index < -0.39 is 41.6 Å². The van der Waals surface area contributed by atoms with Crippen molar-refractivity contribution < 1.29 is 32.5 Å². The Bertz CT molecular complexity index is 411. The van der Waals surface area contributed by atoms with Gasteiger partial charge in [-0.05, 0) is 18.2 Å². The number of halogens is 5. The van der Waals surface area contributed by atoms with Crippen LogP contribution in [0.2, 0.25) is 0 Å². The third-order valence-corrected chi connectivity index (χ3v) is 2.36. The van der Waals surface area contributed by atoms with Gasteiger partial charge in [-0.1, -0.05) is 0 Å². The lowest BCUT2D eigenvalue weighted by molar-refractivity contribution is -0.274. The highest BCUT2D eigenvalue weighted by Crippen LogP contribution is 2.28. The van der Waals surface area contributed by atoms with Crippen LogP contribution in [-0.4, -0.2) is 28.6 Å². The minimum Gasteiger partial charge on any atom is -0.406 e. The Hall–Kier alpha value is -1.05. The molecule has 0 radical (unpaired) electrons. The molecule has 0 bridgehead atoms. The monoisotopic (exact) mass is 288 g/mol. The third kappa shape index (κ3) is 4.01. The minimum absolute atomic E-state index is 0.398. The molecule has 0 aliphatic heterocycles. The van der Waals surface area contributed by atoms with Crippen molar-refractivity contribution in [3.8, 4) is 5.75 Å². The molecule has 1 rings (SSSR count). The summed E-state index contributed by atoms with van der Waals surface area (Å²) in [5, 5.41) is 18.7. The molecule has 2 atom stereocenters. The molecule has 0 saturated heterocycles. The molecule has 0 spiro atoms. The van der Waals surface area contributed by atoms with Crippen molar-refractivity contribution in [2.24, 2.45) is 0 Å². The van der Waals surface area contributed by atoms with E-state index in [9.17, 15) is 27.8 Å². The summed E-state index contributed by atoms with van der Waals surface area (Å²) in [5.41, 5.74) is -0.523. The van der Waals surface area contributed by atoms with Gasteiger partial charge >= 0.3 is 6.36 Å². The average molecular weight is 289 g/mol. The largest absolute Gasteiger partial charge is 0.573 e. The van der Waals surface area contributed by atoms with Gasteiger partial charge < -0.3 is 14.9 Å². The predicted octanol–water partition coefficient (Wildman–Crippen LogP) is 2.36. The first-order chi connectivity index (χ1) is 8.24. The van der Waals surface area contributed by atoms with Gasteiger partial charge in [0.05, 0.1) is 12.0 Å². The van der Waals surface area contributed by atoms with Gasteiger partial charge in [-0.15, -0.1) is 24.8 Å². The molecule has 2 N–H and O–H groups in total. The van der Waals surface area contributed by atoms with Crippen LogP contribution in [0.25, 0.3) is 0 Å². The summed E-state index contributed by atoms with van der Waals surface area (Å²) in [6.07, 6.45) is -8.16. The fourth-order valence-electron chi connectivity index (χ4n) is 1.24. The normalized spacial score (nSPS) is 15.3. The Labute approximate surface area is 105 Å². The molecule has 0 saturated carbocycles. The molecule has 102 valence electrons. The van der Waals surface area contributed by atoms with E-state index in [1.54, 1.807) is 0 Å². The number of hydrogen-bond acceptors (Lipinski definition) is 3. The van der Waals surface area contributed by atoms with E-state index in [2.05, 4.69) is 4.74 Å². The lowest BCUT2D eigenvalue weighted by atomic mass is 10.0. The second-order valence-electron chi connectivity index (χ2n) is 3.40. The number of rotatable bonds is 4. The minimum atomic E-state index is -4.93. The zero-order valence-electron chi connectivity index (χ0n) is 8.79. The van der Waals surface area contributed by atoms with E-state index in [1.807, 2.05) is 0 Å². The van der Waals surface area contributed by atoms with E-state index in [-0.39, 0.29) is 0 Å². The SMILES string of the molecule is OC(CCl)C(O)c1cc(OC(F)(F)F)ccc1F. The molecule has 3 nitrogen and oxygen atoms in total. The first-order valence-electron chi connectivity index (χ1n) is 4.72. The van der Waals surface area contributed by atoms with Crippen molar-refractivity contribution in [3.05, 3.63) is 29.6 Å². The second kappa shape index (κ2) is 5.73. The molecule has 1 aromatic carbocycles. The van der Waals surface area contributed by atoms with Crippen LogP contribution in [0.3, 0.4) is 0 Å². The van der Waals surface area contributed by atoms with Crippen LogP contribution in [0.1, 0.15) is 11.7 Å². The van der Waals surface area contributed by atoms with Crippen LogP contribution >= 0.6 is 11.6 Å². The fraction of sp³-hybridized carbons (Fsp3) is 0.400. The summed E-state index contributed by atoms with van der Waals surface area (Å²) >= 11 is 5.25. The molecule has 0 aliphatic rings. The van der Waals surface area contributed by atoms with E-state index in [1.165, 1.54) is 0 Å². The molecule has 0 amide bonds. The van der Waals surface area contributed by atoms with E-state index >= 15 is 0 Å². The van der Waals surface area contributed by atoms with Crippen molar-refractivity contribution in [2.75, 3.05) is 5.88 Å². The summed E-state index contributed by atoms with van der Waals surface area (Å²) in [4.78, 5) is 0. The predicted molar refractivity (Wildman–Crippen MR) is 54.8 cm³/mol. The Morgan fingerprint density at radius 2 is 1.89 bits per heavy atom. The maximum atomic E-state index is 13.3. The fourth-order valence-corrected chi connectivity index (χ4v) is 1.41. The average Bonchev–Trinajstić information content (AvgIpc) is 2.28. The molecule has 8 heteroatoms. The standard InChI is InChI=1S/C10H9ClF4O3/c11-4-8(16)9(17)6-3-5(1-2-7(6)12)18-10(13,14)15/h1-3,8-9,16-17H,4H2. The second-order valence-corrected chi connectivity index (χ2v) is 3.71. The molecular weight excluding hydrogens is 280 g/mol. The molecule has 18 heavy (non-hydrogen) atoms. The molecular formula is C10H9ClF4O3. The first-order valence-corrected chi connectivity index (χ1v) is 5.25. The maximum Gasteiger partial charge on any atom is 0.573 e. The number of hydrogen-bond donors (Lipinski definition) is 2. The Balaban J connectivity index is 3.01. The van der Waals surface area contributed by atoms with Crippen molar-refractivity contribution in [2.45, 2.75) is 18.6 Å². The van der Waals surface area contributed by atoms with Gasteiger partial charge in [0.15, 0.2) is 0 Å². The highest BCUT2D eigenvalue weighted by Gasteiger charge is 2.32. The van der Waals surface area contributed by atoms with Crippen LogP contribution in [0, 0.1) is 5.82 Å². The summed E-state index contributed by atoms with van der Waals surface area (Å²) < 4.78 is 52.7. The van der Waals surface area contributed by atoms with Gasteiger partial charge in [-0.3, -0.25) is 0 Å². The van der Waals surface area contributed by atoms with E-state index in [0.29, 0.717) is 12.1 Å². The zero-order chi connectivity index (χ0) is 13.9. The van der Waals surface area contributed by atoms with Gasteiger partial charge in [0.2, 0.25) is 0 Å². The summed E-state index contributed by atoms with van der Waals surface area (Å²) in [6.45, 7) is 0. The first kappa shape index (κ1) is 15.0. The quantitative estimate of drug-likeness (QED) is 0.660. The molecule has 0 fully saturated rings. The summed E-state index contributed by atoms with van der Waals surface area (Å²) in [6, 6.07) is 2.11. The van der Waals surface area contributed by atoms with Gasteiger partial charge in [0.1, 0.15) is 17.7 Å². The van der Waals surface area contributed by atoms with Crippen LogP contribution < -0.4 is 4.74 Å². The lowest BCUT2D eigenvalue weighted by Crippen LogP contribution is -2.21. The Morgan fingerprint density at radius 3 is 2.39 bits per heavy atom. The van der Waals surface area contributed by atoms with E-state index in [4.69, 9.17) is 11.6 Å². The Kier molecular flexibility index (Phi) is 4.78. The molecule has 1 aromatic rings. The van der Waals surface area contributed by atoms with Crippen molar-refractivity contribution in [1.29, 1.82) is 0 Å². The van der Waals surface area contributed by atoms with Gasteiger partial charge in [-0.25, -0.2) is 4.39 Å². The number of ether oxygens (including phenoxy) is 1. The van der Waals surface area contributed by atoms with Gasteiger partial charge in [-0.2, -0.15) is 0 Å². The number of aliphatic hydroxyl groups is 2. The molecule has 0 heterocycles. The molecule has 2 unspecified atom stereocenters. The number of alkyl halides is 4. The Morgan fingerprint density at radius 1 is 1.28 bits per heavy atom. The summed E-state index contributed by atoms with van der Waals surface area (Å²) in [5.74, 6) is -2.06. The zero-order valence-corrected chi connectivity index (χ0v) is 9.54. The van der Waals surface area contributed by atoms with Crippen molar-refractivity contribution in [1.82, 2.24) is 0 Å². The van der Waals surface area contributed by atoms with Crippen LogP contribution in [-0.2, 0) is 0 Å². The summed E-state index contributed by atoms with van der Waals surface area (Å²) in [7, 11) is 0. The van der Waals surface area contributed by atoms with Crippen LogP contribution in [0.5, 0.6) is 5.75 Å². The highest BCUT2D eigenvalue weighted by atomic mass is 35.5. The van der Waals surface area contributed by atoms with Crippen LogP contribution in [0.15, 0.2) is 18.2 Å². The molecule has 0 aliphatic carbocycles. The maximum absolute atomic E-state index is 13.3. The number of benzene rings is 1. The molecule has 0 aromatic heterocycles. The van der Waals surface area contributed by atoms with Gasteiger partial charge in [0.25, 0.3) is 0 Å². The number of aliphatic hydroxyl groups excluding tert-OH is 2.